The van der Waals surface area contributed by atoms with Gasteiger partial charge in [0.1, 0.15) is 11.7 Å². The van der Waals surface area contributed by atoms with E-state index in [2.05, 4.69) is 11.4 Å². The van der Waals surface area contributed by atoms with Gasteiger partial charge in [-0.2, -0.15) is 0 Å². The van der Waals surface area contributed by atoms with E-state index in [1.54, 1.807) is 0 Å². The van der Waals surface area contributed by atoms with E-state index in [0.717, 1.165) is 19.3 Å². The van der Waals surface area contributed by atoms with E-state index < -0.39 is 32.7 Å². The molecule has 0 aromatic carbocycles. The molecule has 0 aromatic rings. The number of phosphoric ester groups is 1. The van der Waals surface area contributed by atoms with Gasteiger partial charge >= 0.3 is 7.82 Å². The number of ketones is 1. The van der Waals surface area contributed by atoms with Crippen molar-refractivity contribution in [3.05, 3.63) is 0 Å². The quantitative estimate of drug-likeness (QED) is 0.137. The molecule has 0 fully saturated rings. The third kappa shape index (κ3) is 16.0. The zero-order valence-electron chi connectivity index (χ0n) is 19.6. The van der Waals surface area contributed by atoms with Crippen molar-refractivity contribution in [3.63, 3.8) is 0 Å². The maximum absolute atomic E-state index is 12.5. The SMILES string of the molecule is CCCCCCCCCCCCCCCC(=O)C(C)(CN)OP(=O)(O)OC[C@H](O)CO. The zero-order chi connectivity index (χ0) is 23.6. The van der Waals surface area contributed by atoms with Crippen LogP contribution in [0.4, 0.5) is 0 Å². The molecule has 8 nitrogen and oxygen atoms in total. The molecule has 0 radical (unpaired) electrons. The summed E-state index contributed by atoms with van der Waals surface area (Å²) in [5.74, 6) is -0.348. The molecule has 0 saturated carbocycles. The number of unbranched alkanes of at least 4 members (excludes halogenated alkanes) is 12. The predicted octanol–water partition coefficient (Wildman–Crippen LogP) is 4.24. The lowest BCUT2D eigenvalue weighted by atomic mass is 9.96. The van der Waals surface area contributed by atoms with Crippen LogP contribution in [0.3, 0.4) is 0 Å². The highest BCUT2D eigenvalue weighted by molar-refractivity contribution is 7.47. The van der Waals surface area contributed by atoms with Crippen molar-refractivity contribution in [1.29, 1.82) is 0 Å². The third-order valence-corrected chi connectivity index (χ3v) is 6.55. The smallest absolute Gasteiger partial charge is 0.394 e. The number of phosphoric acid groups is 1. The Morgan fingerprint density at radius 3 is 1.84 bits per heavy atom. The minimum absolute atomic E-state index is 0.213. The third-order valence-electron chi connectivity index (χ3n) is 5.44. The minimum atomic E-state index is -4.60. The number of hydrogen-bond acceptors (Lipinski definition) is 7. The fourth-order valence-electron chi connectivity index (χ4n) is 3.28. The molecule has 0 rings (SSSR count). The van der Waals surface area contributed by atoms with Crippen LogP contribution >= 0.6 is 7.82 Å². The molecule has 5 N–H and O–H groups in total. The minimum Gasteiger partial charge on any atom is -0.394 e. The molecule has 2 unspecified atom stereocenters. The lowest BCUT2D eigenvalue weighted by Gasteiger charge is -2.28. The van der Waals surface area contributed by atoms with Gasteiger partial charge in [0.2, 0.25) is 0 Å². The monoisotopic (exact) mass is 467 g/mol. The Morgan fingerprint density at radius 1 is 0.968 bits per heavy atom. The summed E-state index contributed by atoms with van der Waals surface area (Å²) >= 11 is 0. The lowest BCUT2D eigenvalue weighted by Crippen LogP contribution is -2.45. The summed E-state index contributed by atoms with van der Waals surface area (Å²) in [4.78, 5) is 22.3. The highest BCUT2D eigenvalue weighted by atomic mass is 31.2. The van der Waals surface area contributed by atoms with E-state index in [1.807, 2.05) is 0 Å². The van der Waals surface area contributed by atoms with Crippen LogP contribution in [0.5, 0.6) is 0 Å². The largest absolute Gasteiger partial charge is 0.473 e. The highest BCUT2D eigenvalue weighted by Gasteiger charge is 2.40. The Morgan fingerprint density at radius 2 is 1.42 bits per heavy atom. The molecule has 0 aliphatic rings. The van der Waals surface area contributed by atoms with Crippen LogP contribution in [-0.4, -0.2) is 52.4 Å². The van der Waals surface area contributed by atoms with E-state index in [1.165, 1.54) is 64.7 Å². The van der Waals surface area contributed by atoms with E-state index >= 15 is 0 Å². The van der Waals surface area contributed by atoms with E-state index in [0.29, 0.717) is 6.42 Å². The number of rotatable bonds is 22. The van der Waals surface area contributed by atoms with Crippen molar-refractivity contribution in [3.8, 4) is 0 Å². The van der Waals surface area contributed by atoms with E-state index in [4.69, 9.17) is 15.4 Å². The highest BCUT2D eigenvalue weighted by Crippen LogP contribution is 2.47. The van der Waals surface area contributed by atoms with Crippen LogP contribution in [0.1, 0.15) is 104 Å². The Balaban J connectivity index is 3.95. The summed E-state index contributed by atoms with van der Waals surface area (Å²) in [5, 5.41) is 17.9. The second-order valence-electron chi connectivity index (χ2n) is 8.54. The van der Waals surface area contributed by atoms with Gasteiger partial charge in [0, 0.05) is 13.0 Å². The second-order valence-corrected chi connectivity index (χ2v) is 9.92. The summed E-state index contributed by atoms with van der Waals surface area (Å²) < 4.78 is 21.7. The van der Waals surface area contributed by atoms with E-state index in [9.17, 15) is 19.4 Å². The van der Waals surface area contributed by atoms with Gasteiger partial charge in [-0.25, -0.2) is 4.57 Å². The number of carbonyl (C=O) groups excluding carboxylic acids is 1. The Bertz CT molecular complexity index is 506. The molecule has 0 spiro atoms. The molecular weight excluding hydrogens is 421 g/mol. The van der Waals surface area contributed by atoms with Gasteiger partial charge in [0.25, 0.3) is 0 Å². The van der Waals surface area contributed by atoms with Gasteiger partial charge in [0.05, 0.1) is 13.2 Å². The van der Waals surface area contributed by atoms with Crippen molar-refractivity contribution < 1.29 is 33.5 Å². The Kier molecular flexibility index (Phi) is 17.9. The standard InChI is InChI=1S/C22H46NO7P/c1-3-4-5-6-7-8-9-10-11-12-13-14-15-16-21(26)22(2,19-23)30-31(27,28)29-18-20(25)17-24/h20,24-25H,3-19,23H2,1-2H3,(H,27,28)/t20-,22?/m1/s1. The number of aliphatic hydroxyl groups excluding tert-OH is 2. The van der Waals surface area contributed by atoms with Gasteiger partial charge in [-0.3, -0.25) is 13.8 Å². The van der Waals surface area contributed by atoms with Crippen molar-refractivity contribution >= 4 is 13.6 Å². The van der Waals surface area contributed by atoms with Crippen molar-refractivity contribution in [2.24, 2.45) is 5.73 Å². The first-order valence-electron chi connectivity index (χ1n) is 11.9. The average Bonchev–Trinajstić information content (AvgIpc) is 2.74. The van der Waals surface area contributed by atoms with Crippen molar-refractivity contribution in [2.75, 3.05) is 19.8 Å². The summed E-state index contributed by atoms with van der Waals surface area (Å²) in [5.41, 5.74) is 3.98. The number of aliphatic hydroxyl groups is 2. The van der Waals surface area contributed by atoms with Crippen LogP contribution in [-0.2, 0) is 18.4 Å². The normalized spacial score (nSPS) is 16.6. The van der Waals surface area contributed by atoms with E-state index in [-0.39, 0.29) is 18.7 Å². The molecule has 0 aliphatic carbocycles. The Hall–Kier alpha value is -0.340. The van der Waals surface area contributed by atoms with Crippen LogP contribution in [0, 0.1) is 0 Å². The number of hydrogen-bond donors (Lipinski definition) is 4. The molecular formula is C22H46NO7P. The van der Waals surface area contributed by atoms with Gasteiger partial charge in [-0.15, -0.1) is 0 Å². The molecule has 0 aromatic heterocycles. The van der Waals surface area contributed by atoms with Gasteiger partial charge in [-0.1, -0.05) is 84.0 Å². The van der Waals surface area contributed by atoms with Gasteiger partial charge < -0.3 is 20.8 Å². The summed E-state index contributed by atoms with van der Waals surface area (Å²) in [6.07, 6.45) is 14.5. The first-order chi connectivity index (χ1) is 14.7. The van der Waals surface area contributed by atoms with Gasteiger partial charge in [0.15, 0.2) is 5.78 Å². The average molecular weight is 468 g/mol. The zero-order valence-corrected chi connectivity index (χ0v) is 20.5. The van der Waals surface area contributed by atoms with Crippen LogP contribution < -0.4 is 5.73 Å². The van der Waals surface area contributed by atoms with Crippen LogP contribution in [0.2, 0.25) is 0 Å². The fourth-order valence-corrected chi connectivity index (χ4v) is 4.38. The molecule has 0 saturated heterocycles. The molecule has 31 heavy (non-hydrogen) atoms. The number of Topliss-reactive ketones (excluding diaryl/α,β-unsaturated/α-hetero) is 1. The number of nitrogens with two attached hydrogens (primary N) is 1. The van der Waals surface area contributed by atoms with Crippen LogP contribution in [0.15, 0.2) is 0 Å². The molecule has 0 amide bonds. The van der Waals surface area contributed by atoms with Crippen molar-refractivity contribution in [1.82, 2.24) is 0 Å². The molecule has 9 heteroatoms. The second kappa shape index (κ2) is 18.1. The molecule has 0 aliphatic heterocycles. The molecule has 0 heterocycles. The first-order valence-corrected chi connectivity index (χ1v) is 13.4. The first kappa shape index (κ1) is 30.7. The predicted molar refractivity (Wildman–Crippen MR) is 123 cm³/mol. The number of carbonyl (C=O) groups is 1. The summed E-state index contributed by atoms with van der Waals surface area (Å²) in [6.45, 7) is 2.13. The topological polar surface area (TPSA) is 139 Å². The Labute approximate surface area is 188 Å². The fraction of sp³-hybridized carbons (Fsp3) is 0.955. The maximum Gasteiger partial charge on any atom is 0.473 e. The van der Waals surface area contributed by atoms with Gasteiger partial charge in [-0.05, 0) is 13.3 Å². The lowest BCUT2D eigenvalue weighted by molar-refractivity contribution is -0.134. The van der Waals surface area contributed by atoms with Crippen LogP contribution in [0.25, 0.3) is 0 Å². The summed E-state index contributed by atoms with van der Waals surface area (Å²) in [6, 6.07) is 0. The molecule has 3 atom stereocenters. The van der Waals surface area contributed by atoms with Crippen molar-refractivity contribution in [2.45, 2.75) is 115 Å². The maximum atomic E-state index is 12.5. The molecule has 186 valence electrons. The molecule has 0 bridgehead atoms. The summed E-state index contributed by atoms with van der Waals surface area (Å²) in [7, 11) is -4.60.